The Balaban J connectivity index is 1.37. The topological polar surface area (TPSA) is 86.3 Å². The highest BCUT2D eigenvalue weighted by Crippen LogP contribution is 2.30. The first-order chi connectivity index (χ1) is 14.7. The van der Waals surface area contributed by atoms with Crippen molar-refractivity contribution in [3.8, 4) is 11.3 Å². The SMILES string of the molecule is COCc1cn(C2CCN(C(=O)c3ccc4noc(-c5ccccc5)c4c3)C2)nn1. The van der Waals surface area contributed by atoms with Gasteiger partial charge in [0.15, 0.2) is 5.76 Å². The number of fused-ring (bicyclic) bond motifs is 1. The number of aromatic nitrogens is 4. The molecule has 0 bridgehead atoms. The van der Waals surface area contributed by atoms with Crippen LogP contribution in [0.3, 0.4) is 0 Å². The van der Waals surface area contributed by atoms with Crippen molar-refractivity contribution in [1.29, 1.82) is 0 Å². The van der Waals surface area contributed by atoms with E-state index in [1.54, 1.807) is 13.2 Å². The lowest BCUT2D eigenvalue weighted by Gasteiger charge is -2.16. The molecule has 1 unspecified atom stereocenters. The molecule has 3 heterocycles. The molecule has 2 aromatic heterocycles. The molecule has 8 heteroatoms. The van der Waals surface area contributed by atoms with E-state index in [2.05, 4.69) is 15.5 Å². The normalized spacial score (nSPS) is 16.4. The van der Waals surface area contributed by atoms with E-state index in [4.69, 9.17) is 9.26 Å². The van der Waals surface area contributed by atoms with Crippen LogP contribution in [0, 0.1) is 0 Å². The number of carbonyl (C=O) groups excluding carboxylic acids is 1. The van der Waals surface area contributed by atoms with Crippen molar-refractivity contribution in [2.45, 2.75) is 19.1 Å². The predicted molar refractivity (Wildman–Crippen MR) is 110 cm³/mol. The molecule has 1 fully saturated rings. The summed E-state index contributed by atoms with van der Waals surface area (Å²) in [5, 5.41) is 13.3. The first-order valence-corrected chi connectivity index (χ1v) is 9.86. The van der Waals surface area contributed by atoms with Crippen LogP contribution in [0.4, 0.5) is 0 Å². The zero-order chi connectivity index (χ0) is 20.5. The number of nitrogens with zero attached hydrogens (tertiary/aromatic N) is 5. The lowest BCUT2D eigenvalue weighted by molar-refractivity contribution is 0.0787. The van der Waals surface area contributed by atoms with Gasteiger partial charge in [0.1, 0.15) is 11.2 Å². The fourth-order valence-electron chi connectivity index (χ4n) is 3.90. The number of ether oxygens (including phenoxy) is 1. The van der Waals surface area contributed by atoms with E-state index >= 15 is 0 Å². The third-order valence-corrected chi connectivity index (χ3v) is 5.43. The van der Waals surface area contributed by atoms with Crippen LogP contribution in [0.2, 0.25) is 0 Å². The summed E-state index contributed by atoms with van der Waals surface area (Å²) in [6.45, 7) is 1.70. The molecule has 0 saturated carbocycles. The molecular weight excluding hydrogens is 382 g/mol. The number of amides is 1. The van der Waals surface area contributed by atoms with Crippen molar-refractivity contribution in [3.05, 3.63) is 66.0 Å². The van der Waals surface area contributed by atoms with Crippen molar-refractivity contribution in [2.75, 3.05) is 20.2 Å². The molecule has 1 aliphatic rings. The number of likely N-dealkylation sites (tertiary alicyclic amines) is 1. The first kappa shape index (κ1) is 18.5. The predicted octanol–water partition coefficient (Wildman–Crippen LogP) is 3.32. The molecule has 152 valence electrons. The lowest BCUT2D eigenvalue weighted by Crippen LogP contribution is -2.29. The van der Waals surface area contributed by atoms with Gasteiger partial charge in [-0.3, -0.25) is 4.79 Å². The number of rotatable bonds is 5. The highest BCUT2D eigenvalue weighted by Gasteiger charge is 2.29. The maximum absolute atomic E-state index is 13.2. The number of hydrogen-bond acceptors (Lipinski definition) is 6. The van der Waals surface area contributed by atoms with Gasteiger partial charge in [0.25, 0.3) is 5.91 Å². The summed E-state index contributed by atoms with van der Waals surface area (Å²) in [5.74, 6) is 0.671. The smallest absolute Gasteiger partial charge is 0.253 e. The number of hydrogen-bond donors (Lipinski definition) is 0. The molecule has 5 rings (SSSR count). The fraction of sp³-hybridized carbons (Fsp3) is 0.273. The molecule has 1 atom stereocenters. The highest BCUT2D eigenvalue weighted by atomic mass is 16.5. The van der Waals surface area contributed by atoms with Crippen LogP contribution in [0.25, 0.3) is 22.2 Å². The van der Waals surface area contributed by atoms with Gasteiger partial charge in [-0.15, -0.1) is 5.10 Å². The second-order valence-electron chi connectivity index (χ2n) is 7.43. The van der Waals surface area contributed by atoms with E-state index in [9.17, 15) is 4.79 Å². The third-order valence-electron chi connectivity index (χ3n) is 5.43. The molecule has 2 aromatic carbocycles. The van der Waals surface area contributed by atoms with Crippen molar-refractivity contribution in [3.63, 3.8) is 0 Å². The van der Waals surface area contributed by atoms with E-state index in [1.807, 2.05) is 58.2 Å². The third kappa shape index (κ3) is 3.35. The number of methoxy groups -OCH3 is 1. The summed E-state index contributed by atoms with van der Waals surface area (Å²) in [6.07, 6.45) is 2.73. The van der Waals surface area contributed by atoms with E-state index in [-0.39, 0.29) is 11.9 Å². The molecule has 0 radical (unpaired) electrons. The van der Waals surface area contributed by atoms with Crippen LogP contribution in [0.1, 0.15) is 28.5 Å². The van der Waals surface area contributed by atoms with Gasteiger partial charge < -0.3 is 14.2 Å². The Kier molecular flexibility index (Phi) is 4.76. The van der Waals surface area contributed by atoms with E-state index in [0.717, 1.165) is 28.6 Å². The van der Waals surface area contributed by atoms with Gasteiger partial charge in [-0.1, -0.05) is 40.7 Å². The Morgan fingerprint density at radius 3 is 2.93 bits per heavy atom. The quantitative estimate of drug-likeness (QED) is 0.508. The van der Waals surface area contributed by atoms with Gasteiger partial charge in [0, 0.05) is 31.3 Å². The molecular formula is C22H21N5O3. The molecule has 30 heavy (non-hydrogen) atoms. The minimum Gasteiger partial charge on any atom is -0.378 e. The van der Waals surface area contributed by atoms with Crippen LogP contribution < -0.4 is 0 Å². The summed E-state index contributed by atoms with van der Waals surface area (Å²) in [7, 11) is 1.63. The first-order valence-electron chi connectivity index (χ1n) is 9.86. The molecule has 1 amide bonds. The van der Waals surface area contributed by atoms with Crippen molar-refractivity contribution >= 4 is 16.8 Å². The molecule has 1 aliphatic heterocycles. The van der Waals surface area contributed by atoms with Crippen molar-refractivity contribution in [1.82, 2.24) is 25.1 Å². The standard InChI is InChI=1S/C22H21N5O3/c1-29-14-17-12-27(25-23-17)18-9-10-26(13-18)22(28)16-7-8-20-19(11-16)21(30-24-20)15-5-3-2-4-6-15/h2-8,11-12,18H,9-10,13-14H2,1H3. The Morgan fingerprint density at radius 1 is 1.23 bits per heavy atom. The van der Waals surface area contributed by atoms with E-state index in [0.29, 0.717) is 31.0 Å². The van der Waals surface area contributed by atoms with Crippen LogP contribution in [-0.4, -0.2) is 51.2 Å². The highest BCUT2D eigenvalue weighted by molar-refractivity contribution is 6.01. The second-order valence-corrected chi connectivity index (χ2v) is 7.43. The van der Waals surface area contributed by atoms with Crippen molar-refractivity contribution in [2.24, 2.45) is 0 Å². The van der Waals surface area contributed by atoms with Gasteiger partial charge in [0.2, 0.25) is 0 Å². The average Bonchev–Trinajstić information content (AvgIpc) is 3.53. The zero-order valence-electron chi connectivity index (χ0n) is 16.6. The number of carbonyl (C=O) groups is 1. The van der Waals surface area contributed by atoms with Crippen LogP contribution >= 0.6 is 0 Å². The second kappa shape index (κ2) is 7.72. The Morgan fingerprint density at radius 2 is 2.10 bits per heavy atom. The Bertz CT molecular complexity index is 1180. The van der Waals surface area contributed by atoms with Crippen LogP contribution in [0.15, 0.2) is 59.3 Å². The summed E-state index contributed by atoms with van der Waals surface area (Å²) < 4.78 is 12.5. The molecule has 1 saturated heterocycles. The summed E-state index contributed by atoms with van der Waals surface area (Å²) >= 11 is 0. The molecule has 8 nitrogen and oxygen atoms in total. The minimum absolute atomic E-state index is 0.00292. The monoisotopic (exact) mass is 403 g/mol. The van der Waals surface area contributed by atoms with Gasteiger partial charge in [-0.2, -0.15) is 0 Å². The summed E-state index contributed by atoms with van der Waals surface area (Å²) in [4.78, 5) is 15.0. The largest absolute Gasteiger partial charge is 0.378 e. The lowest BCUT2D eigenvalue weighted by atomic mass is 10.1. The zero-order valence-corrected chi connectivity index (χ0v) is 16.6. The minimum atomic E-state index is -0.00292. The van der Waals surface area contributed by atoms with E-state index in [1.165, 1.54) is 0 Å². The van der Waals surface area contributed by atoms with Gasteiger partial charge in [0.05, 0.1) is 24.2 Å². The number of benzene rings is 2. The Hall–Kier alpha value is -3.52. The maximum atomic E-state index is 13.2. The van der Waals surface area contributed by atoms with Crippen molar-refractivity contribution < 1.29 is 14.1 Å². The Labute approximate surface area is 173 Å². The van der Waals surface area contributed by atoms with E-state index < -0.39 is 0 Å². The maximum Gasteiger partial charge on any atom is 0.253 e. The molecule has 0 N–H and O–H groups in total. The van der Waals surface area contributed by atoms with Gasteiger partial charge in [-0.05, 0) is 24.6 Å². The molecule has 0 spiro atoms. The molecule has 0 aliphatic carbocycles. The van der Waals surface area contributed by atoms with Gasteiger partial charge in [-0.25, -0.2) is 4.68 Å². The summed E-state index contributed by atoms with van der Waals surface area (Å²) in [6, 6.07) is 15.4. The van der Waals surface area contributed by atoms with Crippen LogP contribution in [0.5, 0.6) is 0 Å². The van der Waals surface area contributed by atoms with Crippen LogP contribution in [-0.2, 0) is 11.3 Å². The average molecular weight is 403 g/mol. The van der Waals surface area contributed by atoms with Gasteiger partial charge >= 0.3 is 0 Å². The fourth-order valence-corrected chi connectivity index (χ4v) is 3.90. The summed E-state index contributed by atoms with van der Waals surface area (Å²) in [5.41, 5.74) is 3.08. The molecule has 4 aromatic rings.